The van der Waals surface area contributed by atoms with Gasteiger partial charge in [0.25, 0.3) is 0 Å². The molecule has 1 fully saturated rings. The highest BCUT2D eigenvalue weighted by molar-refractivity contribution is 6.30. The summed E-state index contributed by atoms with van der Waals surface area (Å²) in [7, 11) is 0. The maximum absolute atomic E-state index is 11.6. The molecule has 0 aliphatic carbocycles. The molecule has 18 heavy (non-hydrogen) atoms. The molecule has 0 radical (unpaired) electrons. The second kappa shape index (κ2) is 6.61. The number of carbonyl (C=O) groups is 1. The number of hydrogen-bond donors (Lipinski definition) is 1. The van der Waals surface area contributed by atoms with Crippen LogP contribution < -0.4 is 5.32 Å². The molecule has 0 unspecified atom stereocenters. The minimum absolute atomic E-state index is 0.00703. The zero-order valence-electron chi connectivity index (χ0n) is 10.0. The third-order valence-corrected chi connectivity index (χ3v) is 2.96. The highest BCUT2D eigenvalue weighted by Crippen LogP contribution is 2.15. The van der Waals surface area contributed by atoms with Crippen LogP contribution >= 0.6 is 11.6 Å². The van der Waals surface area contributed by atoms with Gasteiger partial charge in [0.1, 0.15) is 12.6 Å². The van der Waals surface area contributed by atoms with Crippen molar-refractivity contribution in [3.63, 3.8) is 0 Å². The van der Waals surface area contributed by atoms with E-state index in [-0.39, 0.29) is 18.6 Å². The molecule has 1 saturated heterocycles. The standard InChI is InChI=1S/C13H16ClNO3/c14-10-2-1-3-11(8-10)15-9-13(16)18-12-4-6-17-7-5-12/h1-3,8,12,15H,4-7,9H2. The van der Waals surface area contributed by atoms with Crippen LogP contribution in [0.3, 0.4) is 0 Å². The number of anilines is 1. The minimum atomic E-state index is -0.248. The predicted molar refractivity (Wildman–Crippen MR) is 69.9 cm³/mol. The number of ether oxygens (including phenoxy) is 2. The summed E-state index contributed by atoms with van der Waals surface area (Å²) in [6.45, 7) is 1.48. The zero-order chi connectivity index (χ0) is 12.8. The van der Waals surface area contributed by atoms with Crippen molar-refractivity contribution >= 4 is 23.3 Å². The van der Waals surface area contributed by atoms with Crippen LogP contribution in [0.1, 0.15) is 12.8 Å². The first-order valence-corrected chi connectivity index (χ1v) is 6.38. The molecular weight excluding hydrogens is 254 g/mol. The topological polar surface area (TPSA) is 47.6 Å². The molecule has 0 atom stereocenters. The Morgan fingerprint density at radius 1 is 1.44 bits per heavy atom. The third kappa shape index (κ3) is 4.20. The van der Waals surface area contributed by atoms with E-state index in [0.717, 1.165) is 18.5 Å². The van der Waals surface area contributed by atoms with Gasteiger partial charge in [0.15, 0.2) is 0 Å². The van der Waals surface area contributed by atoms with Crippen LogP contribution in [0.2, 0.25) is 5.02 Å². The molecule has 5 heteroatoms. The van der Waals surface area contributed by atoms with Crippen LogP contribution in [-0.2, 0) is 14.3 Å². The summed E-state index contributed by atoms with van der Waals surface area (Å²) in [5.41, 5.74) is 0.812. The van der Waals surface area contributed by atoms with Crippen molar-refractivity contribution < 1.29 is 14.3 Å². The molecule has 1 aliphatic heterocycles. The minimum Gasteiger partial charge on any atom is -0.461 e. The van der Waals surface area contributed by atoms with Crippen molar-refractivity contribution in [2.45, 2.75) is 18.9 Å². The van der Waals surface area contributed by atoms with Crippen LogP contribution in [0.25, 0.3) is 0 Å². The Bertz CT molecular complexity index is 405. The van der Waals surface area contributed by atoms with E-state index in [1.807, 2.05) is 12.1 Å². The number of carbonyl (C=O) groups excluding carboxylic acids is 1. The van der Waals surface area contributed by atoms with Gasteiger partial charge in [0.2, 0.25) is 0 Å². The molecule has 1 aromatic carbocycles. The first-order valence-electron chi connectivity index (χ1n) is 6.01. The van der Waals surface area contributed by atoms with Crippen LogP contribution in [-0.4, -0.2) is 31.8 Å². The fourth-order valence-corrected chi connectivity index (χ4v) is 1.98. The molecule has 0 saturated carbocycles. The van der Waals surface area contributed by atoms with Gasteiger partial charge in [0, 0.05) is 23.6 Å². The summed E-state index contributed by atoms with van der Waals surface area (Å²) in [5, 5.41) is 3.62. The average Bonchev–Trinajstić information content (AvgIpc) is 2.38. The first kappa shape index (κ1) is 13.2. The zero-order valence-corrected chi connectivity index (χ0v) is 10.8. The summed E-state index contributed by atoms with van der Waals surface area (Å²) in [6.07, 6.45) is 1.55. The largest absolute Gasteiger partial charge is 0.461 e. The molecule has 98 valence electrons. The van der Waals surface area contributed by atoms with Crippen molar-refractivity contribution in [3.05, 3.63) is 29.3 Å². The van der Waals surface area contributed by atoms with Gasteiger partial charge < -0.3 is 14.8 Å². The molecule has 0 bridgehead atoms. The van der Waals surface area contributed by atoms with Crippen LogP contribution in [0.4, 0.5) is 5.69 Å². The predicted octanol–water partition coefficient (Wildman–Crippen LogP) is 2.47. The monoisotopic (exact) mass is 269 g/mol. The summed E-state index contributed by atoms with van der Waals surface area (Å²) in [5.74, 6) is -0.248. The van der Waals surface area contributed by atoms with Crippen molar-refractivity contribution in [1.29, 1.82) is 0 Å². The van der Waals surface area contributed by atoms with E-state index in [4.69, 9.17) is 21.1 Å². The van der Waals surface area contributed by atoms with Gasteiger partial charge in [-0.05, 0) is 18.2 Å². The van der Waals surface area contributed by atoms with E-state index in [1.54, 1.807) is 12.1 Å². The van der Waals surface area contributed by atoms with Crippen LogP contribution in [0.15, 0.2) is 24.3 Å². The SMILES string of the molecule is O=C(CNc1cccc(Cl)c1)OC1CCOCC1. The number of rotatable bonds is 4. The van der Waals surface area contributed by atoms with E-state index in [0.29, 0.717) is 18.2 Å². The van der Waals surface area contributed by atoms with Gasteiger partial charge in [-0.25, -0.2) is 0 Å². The summed E-state index contributed by atoms with van der Waals surface area (Å²) >= 11 is 5.85. The highest BCUT2D eigenvalue weighted by atomic mass is 35.5. The lowest BCUT2D eigenvalue weighted by Crippen LogP contribution is -2.28. The summed E-state index contributed by atoms with van der Waals surface area (Å²) < 4.78 is 10.5. The molecule has 0 aromatic heterocycles. The second-order valence-corrected chi connectivity index (χ2v) is 4.60. The number of nitrogens with one attached hydrogen (secondary N) is 1. The fraction of sp³-hybridized carbons (Fsp3) is 0.462. The van der Waals surface area contributed by atoms with Gasteiger partial charge in [-0.2, -0.15) is 0 Å². The van der Waals surface area contributed by atoms with Gasteiger partial charge in [0.05, 0.1) is 13.2 Å². The Morgan fingerprint density at radius 2 is 2.22 bits per heavy atom. The van der Waals surface area contributed by atoms with Gasteiger partial charge in [-0.3, -0.25) is 4.79 Å². The maximum atomic E-state index is 11.6. The summed E-state index contributed by atoms with van der Waals surface area (Å²) in [6, 6.07) is 7.23. The molecule has 1 N–H and O–H groups in total. The van der Waals surface area contributed by atoms with Crippen LogP contribution in [0, 0.1) is 0 Å². The smallest absolute Gasteiger partial charge is 0.325 e. The average molecular weight is 270 g/mol. The molecule has 1 heterocycles. The van der Waals surface area contributed by atoms with E-state index in [1.165, 1.54) is 0 Å². The van der Waals surface area contributed by atoms with E-state index in [2.05, 4.69) is 5.32 Å². The number of hydrogen-bond acceptors (Lipinski definition) is 4. The Morgan fingerprint density at radius 3 is 2.94 bits per heavy atom. The number of halogens is 1. The maximum Gasteiger partial charge on any atom is 0.325 e. The molecular formula is C13H16ClNO3. The first-order chi connectivity index (χ1) is 8.74. The lowest BCUT2D eigenvalue weighted by Gasteiger charge is -2.22. The molecule has 4 nitrogen and oxygen atoms in total. The Hall–Kier alpha value is -1.26. The molecule has 0 spiro atoms. The lowest BCUT2D eigenvalue weighted by atomic mass is 10.1. The number of esters is 1. The van der Waals surface area contributed by atoms with Crippen molar-refractivity contribution in [2.75, 3.05) is 25.1 Å². The quantitative estimate of drug-likeness (QED) is 0.853. The van der Waals surface area contributed by atoms with Gasteiger partial charge >= 0.3 is 5.97 Å². The molecule has 0 amide bonds. The van der Waals surface area contributed by atoms with Crippen LogP contribution in [0.5, 0.6) is 0 Å². The van der Waals surface area contributed by atoms with E-state index in [9.17, 15) is 4.79 Å². The second-order valence-electron chi connectivity index (χ2n) is 4.17. The number of benzene rings is 1. The van der Waals surface area contributed by atoms with E-state index < -0.39 is 0 Å². The summed E-state index contributed by atoms with van der Waals surface area (Å²) in [4.78, 5) is 11.6. The Kier molecular flexibility index (Phi) is 4.84. The normalized spacial score (nSPS) is 16.3. The van der Waals surface area contributed by atoms with Crippen molar-refractivity contribution in [2.24, 2.45) is 0 Å². The van der Waals surface area contributed by atoms with Gasteiger partial charge in [-0.15, -0.1) is 0 Å². The molecule has 2 rings (SSSR count). The molecule has 1 aromatic rings. The van der Waals surface area contributed by atoms with Crippen molar-refractivity contribution in [1.82, 2.24) is 0 Å². The van der Waals surface area contributed by atoms with Gasteiger partial charge in [-0.1, -0.05) is 17.7 Å². The third-order valence-electron chi connectivity index (χ3n) is 2.73. The highest BCUT2D eigenvalue weighted by Gasteiger charge is 2.17. The lowest BCUT2D eigenvalue weighted by molar-refractivity contribution is -0.150. The van der Waals surface area contributed by atoms with Crippen molar-refractivity contribution in [3.8, 4) is 0 Å². The van der Waals surface area contributed by atoms with E-state index >= 15 is 0 Å². The fourth-order valence-electron chi connectivity index (χ4n) is 1.79. The Labute approximate surface area is 111 Å². The Balaban J connectivity index is 1.74. The molecule has 1 aliphatic rings.